The fraction of sp³-hybridized carbons (Fsp3) is 0. The summed E-state index contributed by atoms with van der Waals surface area (Å²) in [5.74, 6) is 0. The van der Waals surface area contributed by atoms with Crippen LogP contribution in [0.5, 0.6) is 0 Å². The fourth-order valence-corrected chi connectivity index (χ4v) is 15.8. The fourth-order valence-electron chi connectivity index (χ4n) is 15.8. The molecule has 616 valence electrons. The van der Waals surface area contributed by atoms with Gasteiger partial charge in [-0.2, -0.15) is 0 Å². The van der Waals surface area contributed by atoms with Crippen molar-refractivity contribution in [1.82, 2.24) is 29.9 Å². The molecule has 0 spiro atoms. The van der Waals surface area contributed by atoms with Crippen LogP contribution in [0.25, 0.3) is 184 Å². The summed E-state index contributed by atoms with van der Waals surface area (Å²) in [4.78, 5) is 27.8. The Labute approximate surface area is 759 Å². The number of para-hydroxylation sites is 2. The summed E-state index contributed by atoms with van der Waals surface area (Å²) in [6.07, 6.45) is 39.2. The molecule has 0 saturated carbocycles. The molecular formula is C124H90N6. The van der Waals surface area contributed by atoms with E-state index in [1.54, 1.807) is 24.8 Å². The van der Waals surface area contributed by atoms with Gasteiger partial charge in [-0.25, -0.2) is 19.9 Å². The molecule has 21 rings (SSSR count). The minimum absolute atomic E-state index is 0.917. The third kappa shape index (κ3) is 21.9. The molecular weight excluding hydrogens is 1570 g/mol. The summed E-state index contributed by atoms with van der Waals surface area (Å²) < 4.78 is 0. The van der Waals surface area contributed by atoms with Crippen molar-refractivity contribution in [3.63, 3.8) is 0 Å². The van der Waals surface area contributed by atoms with E-state index in [1.165, 1.54) is 71.6 Å². The van der Waals surface area contributed by atoms with Crippen molar-refractivity contribution in [1.29, 1.82) is 0 Å². The number of pyridine rings is 6. The Morgan fingerprint density at radius 2 is 0.515 bits per heavy atom. The predicted molar refractivity (Wildman–Crippen MR) is 556 cm³/mol. The molecule has 0 aliphatic heterocycles. The lowest BCUT2D eigenvalue weighted by molar-refractivity contribution is 1.32. The summed E-state index contributed by atoms with van der Waals surface area (Å²) in [5.41, 5.74) is 28.6. The molecule has 0 fully saturated rings. The quantitative estimate of drug-likeness (QED) is 0.0751. The molecule has 130 heavy (non-hydrogen) atoms. The average Bonchev–Trinajstić information content (AvgIpc) is 0.809. The largest absolute Gasteiger partial charge is 0.265 e. The summed E-state index contributed by atoms with van der Waals surface area (Å²) >= 11 is 0. The predicted octanol–water partition coefficient (Wildman–Crippen LogP) is 32.2. The van der Waals surface area contributed by atoms with Crippen LogP contribution in [-0.2, 0) is 0 Å². The van der Waals surface area contributed by atoms with E-state index in [9.17, 15) is 0 Å². The van der Waals surface area contributed by atoms with E-state index in [1.807, 2.05) is 109 Å². The summed E-state index contributed by atoms with van der Waals surface area (Å²) in [7, 11) is 0. The first-order valence-corrected chi connectivity index (χ1v) is 43.7. The summed E-state index contributed by atoms with van der Waals surface area (Å²) in [6.45, 7) is 0. The Morgan fingerprint density at radius 3 is 0.985 bits per heavy atom. The van der Waals surface area contributed by atoms with Crippen molar-refractivity contribution in [2.24, 2.45) is 0 Å². The number of benzene rings is 15. The molecule has 0 amide bonds. The van der Waals surface area contributed by atoms with Crippen LogP contribution in [0.3, 0.4) is 0 Å². The third-order valence-electron chi connectivity index (χ3n) is 22.5. The van der Waals surface area contributed by atoms with E-state index in [-0.39, 0.29) is 0 Å². The molecule has 0 saturated heterocycles. The number of nitrogens with zero attached hydrogens (tertiary/aromatic N) is 6. The molecule has 0 aliphatic carbocycles. The number of fused-ring (bicyclic) bond motifs is 6. The van der Waals surface area contributed by atoms with E-state index < -0.39 is 0 Å². The molecule has 6 nitrogen and oxygen atoms in total. The van der Waals surface area contributed by atoms with Gasteiger partial charge in [-0.3, -0.25) is 9.97 Å². The van der Waals surface area contributed by atoms with Crippen LogP contribution in [0.1, 0.15) is 95.1 Å². The number of hydrogen-bond donors (Lipinski definition) is 0. The van der Waals surface area contributed by atoms with Crippen molar-refractivity contribution in [2.45, 2.75) is 0 Å². The first-order chi connectivity index (χ1) is 64.4. The van der Waals surface area contributed by atoms with Gasteiger partial charge < -0.3 is 0 Å². The zero-order valence-electron chi connectivity index (χ0n) is 71.6. The van der Waals surface area contributed by atoms with Gasteiger partial charge in [-0.05, 0) is 231 Å². The molecule has 0 unspecified atom stereocenters. The van der Waals surface area contributed by atoms with E-state index in [2.05, 4.69) is 423 Å². The zero-order valence-corrected chi connectivity index (χ0v) is 71.6. The maximum Gasteiger partial charge on any atom is 0.0721 e. The molecule has 21 aromatic rings. The van der Waals surface area contributed by atoms with Crippen LogP contribution in [0.15, 0.2) is 455 Å². The molecule has 15 aromatic carbocycles. The maximum absolute atomic E-state index is 5.22. The van der Waals surface area contributed by atoms with Gasteiger partial charge in [0.25, 0.3) is 0 Å². The second kappa shape index (κ2) is 41.9. The summed E-state index contributed by atoms with van der Waals surface area (Å²) in [6, 6.07) is 150. The highest BCUT2D eigenvalue weighted by Gasteiger charge is 2.16. The standard InChI is InChI=1S/C45H31N.C31H23N.C25H19N.C23H17N3/c1-3-12-33(13-4-1)38-25-27-42-44(31-40(46-45(42)30-38)26-23-32-22-24-34-14-7-8-18-37(34)28-32)43(36-15-5-2-6-16-36)29-39-20-11-19-35-17-9-10-21-41(35)39;1-4-10-24(11-5-1)16-18-28-22-29(20-17-25-12-6-2-7-13-25)32-31-23-27(19-21-30(28)31)26-14-8-3-9-15-26;1-3-9-20(10-4-1)15-17-22-19-23(18-16-21-11-5-2-6-12-21)26-25-14-8-7-13-24(22)25;1-2-4-23-22(3-1)20(7-5-18-9-13-24-14-10-18)17-21(26-23)8-6-19-11-15-25-16-12-19/h1-31H;1-23H;1-19H;1-17H/b26-23+,43-29+;18-16+,20-17+;17-15+,18-16+;7-5+,8-6+. The minimum Gasteiger partial charge on any atom is -0.265 e. The molecule has 0 N–H and O–H groups in total. The van der Waals surface area contributed by atoms with Gasteiger partial charge in [0.05, 0.1) is 44.8 Å². The normalized spacial score (nSPS) is 11.7. The van der Waals surface area contributed by atoms with Crippen molar-refractivity contribution >= 4 is 162 Å². The lowest BCUT2D eigenvalue weighted by Gasteiger charge is -2.15. The van der Waals surface area contributed by atoms with Crippen LogP contribution in [0, 0.1) is 0 Å². The summed E-state index contributed by atoms with van der Waals surface area (Å²) in [5, 5.41) is 9.51. The molecule has 6 aromatic heterocycles. The zero-order chi connectivity index (χ0) is 87.5. The Balaban J connectivity index is 0.000000120. The third-order valence-corrected chi connectivity index (χ3v) is 22.5. The van der Waals surface area contributed by atoms with Gasteiger partial charge in [-0.15, -0.1) is 0 Å². The van der Waals surface area contributed by atoms with Crippen LogP contribution in [-0.4, -0.2) is 29.9 Å². The van der Waals surface area contributed by atoms with Crippen LogP contribution >= 0.6 is 0 Å². The minimum atomic E-state index is 0.917. The number of aromatic nitrogens is 6. The highest BCUT2D eigenvalue weighted by atomic mass is 14.7. The van der Waals surface area contributed by atoms with E-state index in [4.69, 9.17) is 19.9 Å². The van der Waals surface area contributed by atoms with Crippen molar-refractivity contribution < 1.29 is 0 Å². The molecule has 6 heteroatoms. The Morgan fingerprint density at radius 1 is 0.177 bits per heavy atom. The number of hydrogen-bond acceptors (Lipinski definition) is 6. The van der Waals surface area contributed by atoms with E-state index in [0.29, 0.717) is 0 Å². The van der Waals surface area contributed by atoms with Crippen molar-refractivity contribution in [3.8, 4) is 22.3 Å². The highest BCUT2D eigenvalue weighted by Crippen LogP contribution is 2.37. The second-order valence-corrected chi connectivity index (χ2v) is 31.4. The maximum atomic E-state index is 5.22. The Hall–Kier alpha value is -17.3. The molecule has 0 aliphatic rings. The molecule has 6 heterocycles. The Kier molecular flexibility index (Phi) is 26.9. The van der Waals surface area contributed by atoms with Gasteiger partial charge in [-0.1, -0.05) is 413 Å². The molecule has 0 bridgehead atoms. The van der Waals surface area contributed by atoms with Gasteiger partial charge >= 0.3 is 0 Å². The molecule has 0 radical (unpaired) electrons. The van der Waals surface area contributed by atoms with Gasteiger partial charge in [0.15, 0.2) is 0 Å². The SMILES string of the molecule is C(=C\c1cc(/C(=C/c2cccc3ccccc23)c2ccccc2)c2ccc(-c3ccccc3)cc2n1)/c1ccc2ccccc2c1.C(=C\c1cc(/C=C/c2ccccc2)c2ccc(-c3ccccc3)cc2n1)/c1ccccc1.C(=C\c1cc(/C=C/c2ccccc2)c2ccccc2n1)/c1ccccc1.C(=C\c1cc(/C=C/c2ccncc2)c2ccccc2n1)/c1ccncc1. The monoisotopic (exact) mass is 1660 g/mol. The first kappa shape index (κ1) is 83.6. The second-order valence-electron chi connectivity index (χ2n) is 31.4. The smallest absolute Gasteiger partial charge is 0.0721 e. The topological polar surface area (TPSA) is 77.3 Å². The van der Waals surface area contributed by atoms with Crippen LogP contribution < -0.4 is 0 Å². The molecule has 0 atom stereocenters. The van der Waals surface area contributed by atoms with Crippen molar-refractivity contribution in [2.75, 3.05) is 0 Å². The first-order valence-electron chi connectivity index (χ1n) is 43.7. The highest BCUT2D eigenvalue weighted by molar-refractivity contribution is 6.06. The van der Waals surface area contributed by atoms with E-state index >= 15 is 0 Å². The lowest BCUT2D eigenvalue weighted by Crippen LogP contribution is -1.95. The Bertz CT molecular complexity index is 7520. The number of rotatable bonds is 19. The average molecular weight is 1660 g/mol. The van der Waals surface area contributed by atoms with Gasteiger partial charge in [0, 0.05) is 46.3 Å². The van der Waals surface area contributed by atoms with Crippen molar-refractivity contribution in [3.05, 3.63) is 551 Å². The lowest BCUT2D eigenvalue weighted by atomic mass is 9.90. The van der Waals surface area contributed by atoms with Gasteiger partial charge in [0.1, 0.15) is 0 Å². The van der Waals surface area contributed by atoms with E-state index in [0.717, 1.165) is 116 Å². The van der Waals surface area contributed by atoms with Crippen LogP contribution in [0.2, 0.25) is 0 Å². The van der Waals surface area contributed by atoms with Crippen LogP contribution in [0.4, 0.5) is 0 Å². The van der Waals surface area contributed by atoms with Gasteiger partial charge in [0.2, 0.25) is 0 Å².